The molecule has 0 spiro atoms. The summed E-state index contributed by atoms with van der Waals surface area (Å²) in [5, 5.41) is 6.99. The van der Waals surface area contributed by atoms with E-state index in [9.17, 15) is 0 Å². The first-order valence-electron chi connectivity index (χ1n) is 6.62. The van der Waals surface area contributed by atoms with Crippen LogP contribution >= 0.6 is 35.3 Å². The molecule has 0 aliphatic carbocycles. The summed E-state index contributed by atoms with van der Waals surface area (Å²) in [5.74, 6) is 0. The molecule has 1 aromatic heterocycles. The van der Waals surface area contributed by atoms with Crippen LogP contribution in [0.1, 0.15) is 16.0 Å². The summed E-state index contributed by atoms with van der Waals surface area (Å²) in [7, 11) is 0. The highest BCUT2D eigenvalue weighted by Crippen LogP contribution is 2.26. The molecule has 2 nitrogen and oxygen atoms in total. The molecule has 5 heteroatoms. The zero-order chi connectivity index (χ0) is 13.1. The standard InChI is InChI=1S/C15H17ClN2S.ClH/c16-14-5-4-13(19-14)7-8-17-10-12-3-1-2-11-6-9-18-15(11)12;/h1-5,17-18H,6-10H2;1H. The minimum absolute atomic E-state index is 0. The third kappa shape index (κ3) is 3.67. The first-order chi connectivity index (χ1) is 9.33. The Morgan fingerprint density at radius 2 is 2.15 bits per heavy atom. The van der Waals surface area contributed by atoms with E-state index in [0.717, 1.165) is 36.8 Å². The first kappa shape index (κ1) is 15.6. The minimum Gasteiger partial charge on any atom is -0.384 e. The highest BCUT2D eigenvalue weighted by molar-refractivity contribution is 7.16. The fourth-order valence-electron chi connectivity index (χ4n) is 2.48. The Bertz CT molecular complexity index is 569. The van der Waals surface area contributed by atoms with Crippen molar-refractivity contribution in [2.45, 2.75) is 19.4 Å². The van der Waals surface area contributed by atoms with Gasteiger partial charge in [0.25, 0.3) is 0 Å². The lowest BCUT2D eigenvalue weighted by Crippen LogP contribution is -2.17. The molecular weight excluding hydrogens is 311 g/mol. The quantitative estimate of drug-likeness (QED) is 0.806. The number of para-hydroxylation sites is 1. The van der Waals surface area contributed by atoms with Gasteiger partial charge >= 0.3 is 0 Å². The Kier molecular flexibility index (Phi) is 5.73. The molecule has 1 aliphatic rings. The van der Waals surface area contributed by atoms with Gasteiger partial charge in [0.05, 0.1) is 4.34 Å². The largest absolute Gasteiger partial charge is 0.384 e. The van der Waals surface area contributed by atoms with Gasteiger partial charge < -0.3 is 10.6 Å². The van der Waals surface area contributed by atoms with Gasteiger partial charge in [-0.1, -0.05) is 29.8 Å². The van der Waals surface area contributed by atoms with Gasteiger partial charge in [-0.3, -0.25) is 0 Å². The van der Waals surface area contributed by atoms with Crippen molar-refractivity contribution in [3.05, 3.63) is 50.7 Å². The molecule has 0 amide bonds. The highest BCUT2D eigenvalue weighted by Gasteiger charge is 2.12. The molecule has 2 N–H and O–H groups in total. The average Bonchev–Trinajstić information content (AvgIpc) is 3.03. The highest BCUT2D eigenvalue weighted by atomic mass is 35.5. The van der Waals surface area contributed by atoms with Gasteiger partial charge in [-0.05, 0) is 36.1 Å². The Morgan fingerprint density at radius 3 is 2.95 bits per heavy atom. The predicted molar refractivity (Wildman–Crippen MR) is 90.6 cm³/mol. The average molecular weight is 329 g/mol. The summed E-state index contributed by atoms with van der Waals surface area (Å²) in [4.78, 5) is 1.34. The molecule has 108 valence electrons. The zero-order valence-corrected chi connectivity index (χ0v) is 13.5. The number of hydrogen-bond acceptors (Lipinski definition) is 3. The van der Waals surface area contributed by atoms with Crippen molar-refractivity contribution in [3.63, 3.8) is 0 Å². The van der Waals surface area contributed by atoms with Crippen molar-refractivity contribution in [1.29, 1.82) is 0 Å². The number of thiophene rings is 1. The maximum absolute atomic E-state index is 5.92. The number of fused-ring (bicyclic) bond motifs is 1. The molecule has 0 bridgehead atoms. The van der Waals surface area contributed by atoms with Crippen molar-refractivity contribution < 1.29 is 0 Å². The van der Waals surface area contributed by atoms with Gasteiger partial charge in [0.15, 0.2) is 0 Å². The number of rotatable bonds is 5. The number of benzene rings is 1. The van der Waals surface area contributed by atoms with E-state index in [2.05, 4.69) is 34.9 Å². The van der Waals surface area contributed by atoms with Gasteiger partial charge in [-0.25, -0.2) is 0 Å². The predicted octanol–water partition coefficient (Wildman–Crippen LogP) is 4.12. The molecule has 0 radical (unpaired) electrons. The summed E-state index contributed by atoms with van der Waals surface area (Å²) in [6.07, 6.45) is 2.19. The van der Waals surface area contributed by atoms with Crippen LogP contribution in [0.4, 0.5) is 5.69 Å². The lowest BCUT2D eigenvalue weighted by Gasteiger charge is -2.09. The second-order valence-electron chi connectivity index (χ2n) is 4.76. The Balaban J connectivity index is 0.00000147. The fraction of sp³-hybridized carbons (Fsp3) is 0.333. The number of anilines is 1. The molecule has 1 aromatic carbocycles. The summed E-state index contributed by atoms with van der Waals surface area (Å²) in [6, 6.07) is 10.6. The van der Waals surface area contributed by atoms with E-state index in [0.29, 0.717) is 0 Å². The number of halogens is 2. The number of hydrogen-bond donors (Lipinski definition) is 2. The molecule has 1 aliphatic heterocycles. The third-order valence-corrected chi connectivity index (χ3v) is 4.72. The summed E-state index contributed by atoms with van der Waals surface area (Å²) < 4.78 is 0.875. The van der Waals surface area contributed by atoms with E-state index in [1.165, 1.54) is 21.7 Å². The molecule has 3 rings (SSSR count). The van der Waals surface area contributed by atoms with Crippen molar-refractivity contribution in [2.24, 2.45) is 0 Å². The minimum atomic E-state index is 0. The van der Waals surface area contributed by atoms with Crippen LogP contribution in [0.5, 0.6) is 0 Å². The van der Waals surface area contributed by atoms with Crippen LogP contribution in [0.3, 0.4) is 0 Å². The van der Waals surface area contributed by atoms with E-state index in [1.807, 2.05) is 6.07 Å². The van der Waals surface area contributed by atoms with Crippen LogP contribution in [0.15, 0.2) is 30.3 Å². The smallest absolute Gasteiger partial charge is 0.0931 e. The van der Waals surface area contributed by atoms with Gasteiger partial charge in [0.2, 0.25) is 0 Å². The Hall–Kier alpha value is -0.740. The van der Waals surface area contributed by atoms with Crippen LogP contribution in [0, 0.1) is 0 Å². The van der Waals surface area contributed by atoms with Gasteiger partial charge in [-0.2, -0.15) is 0 Å². The maximum Gasteiger partial charge on any atom is 0.0931 e. The van der Waals surface area contributed by atoms with Crippen LogP contribution in [-0.2, 0) is 19.4 Å². The zero-order valence-electron chi connectivity index (χ0n) is 11.1. The van der Waals surface area contributed by atoms with E-state index >= 15 is 0 Å². The summed E-state index contributed by atoms with van der Waals surface area (Å²) in [6.45, 7) is 2.98. The monoisotopic (exact) mass is 328 g/mol. The first-order valence-corrected chi connectivity index (χ1v) is 7.82. The molecular formula is C15H18Cl2N2S. The van der Waals surface area contributed by atoms with E-state index in [1.54, 1.807) is 11.3 Å². The molecule has 0 fully saturated rings. The molecule has 0 atom stereocenters. The normalized spacial score (nSPS) is 12.7. The van der Waals surface area contributed by atoms with E-state index < -0.39 is 0 Å². The second kappa shape index (κ2) is 7.32. The van der Waals surface area contributed by atoms with Gasteiger partial charge in [0, 0.05) is 30.2 Å². The van der Waals surface area contributed by atoms with Gasteiger partial charge in [0.1, 0.15) is 0 Å². The van der Waals surface area contributed by atoms with Gasteiger partial charge in [-0.15, -0.1) is 23.7 Å². The van der Waals surface area contributed by atoms with Crippen LogP contribution in [0.2, 0.25) is 4.34 Å². The SMILES string of the molecule is Cl.Clc1ccc(CCNCc2cccc3c2NCC3)s1. The molecule has 0 unspecified atom stereocenters. The summed E-state index contributed by atoms with van der Waals surface area (Å²) in [5.41, 5.74) is 4.16. The van der Waals surface area contributed by atoms with Crippen LogP contribution in [0.25, 0.3) is 0 Å². The molecule has 0 saturated heterocycles. The fourth-order valence-corrected chi connectivity index (χ4v) is 3.57. The van der Waals surface area contributed by atoms with E-state index in [4.69, 9.17) is 11.6 Å². The Labute approximate surface area is 135 Å². The van der Waals surface area contributed by atoms with Crippen LogP contribution < -0.4 is 10.6 Å². The lowest BCUT2D eigenvalue weighted by molar-refractivity contribution is 0.691. The van der Waals surface area contributed by atoms with Crippen molar-refractivity contribution >= 4 is 41.0 Å². The molecule has 2 heterocycles. The topological polar surface area (TPSA) is 24.1 Å². The summed E-state index contributed by atoms with van der Waals surface area (Å²) >= 11 is 7.59. The second-order valence-corrected chi connectivity index (χ2v) is 6.56. The third-order valence-electron chi connectivity index (χ3n) is 3.43. The Morgan fingerprint density at radius 1 is 1.25 bits per heavy atom. The molecule has 2 aromatic rings. The maximum atomic E-state index is 5.92. The van der Waals surface area contributed by atoms with Crippen molar-refractivity contribution in [1.82, 2.24) is 5.32 Å². The van der Waals surface area contributed by atoms with Crippen molar-refractivity contribution in [3.8, 4) is 0 Å². The van der Waals surface area contributed by atoms with Crippen LogP contribution in [-0.4, -0.2) is 13.1 Å². The van der Waals surface area contributed by atoms with Crippen molar-refractivity contribution in [2.75, 3.05) is 18.4 Å². The molecule has 20 heavy (non-hydrogen) atoms. The number of nitrogens with one attached hydrogen (secondary N) is 2. The van der Waals surface area contributed by atoms with E-state index in [-0.39, 0.29) is 12.4 Å². The lowest BCUT2D eigenvalue weighted by atomic mass is 10.1. The molecule has 0 saturated carbocycles.